The number of amides is 1. The third-order valence-electron chi connectivity index (χ3n) is 3.29. The molecule has 0 aliphatic rings. The molecule has 0 fully saturated rings. The van der Waals surface area contributed by atoms with Gasteiger partial charge < -0.3 is 15.2 Å². The number of aromatic nitrogens is 2. The first-order valence-corrected chi connectivity index (χ1v) is 7.14. The molecule has 0 bridgehead atoms. The van der Waals surface area contributed by atoms with E-state index in [0.29, 0.717) is 6.04 Å². The molecule has 2 rings (SSSR count). The molecular formula is C16H22N4O. The van der Waals surface area contributed by atoms with Gasteiger partial charge in [-0.1, -0.05) is 12.1 Å². The number of hydrogen-bond donors (Lipinski definition) is 2. The second kappa shape index (κ2) is 7.04. The van der Waals surface area contributed by atoms with E-state index in [9.17, 15) is 4.79 Å². The quantitative estimate of drug-likeness (QED) is 0.858. The SMILES string of the molecule is CC(=O)Nc1cccc(C(C)NC(C)Cn2ccnc2)c1. The van der Waals surface area contributed by atoms with Crippen molar-refractivity contribution in [1.82, 2.24) is 14.9 Å². The van der Waals surface area contributed by atoms with Crippen molar-refractivity contribution >= 4 is 11.6 Å². The molecule has 0 spiro atoms. The van der Waals surface area contributed by atoms with E-state index in [2.05, 4.69) is 40.1 Å². The third-order valence-corrected chi connectivity index (χ3v) is 3.29. The first-order valence-electron chi connectivity index (χ1n) is 7.14. The highest BCUT2D eigenvalue weighted by molar-refractivity contribution is 5.88. The van der Waals surface area contributed by atoms with Gasteiger partial charge in [-0.15, -0.1) is 0 Å². The Hall–Kier alpha value is -2.14. The van der Waals surface area contributed by atoms with E-state index in [-0.39, 0.29) is 11.9 Å². The zero-order valence-corrected chi connectivity index (χ0v) is 12.7. The molecule has 112 valence electrons. The molecule has 1 amide bonds. The minimum Gasteiger partial charge on any atom is -0.336 e. The summed E-state index contributed by atoms with van der Waals surface area (Å²) in [6, 6.07) is 8.44. The molecule has 0 aliphatic carbocycles. The van der Waals surface area contributed by atoms with Gasteiger partial charge in [0.15, 0.2) is 0 Å². The van der Waals surface area contributed by atoms with Crippen molar-refractivity contribution in [2.75, 3.05) is 5.32 Å². The lowest BCUT2D eigenvalue weighted by molar-refractivity contribution is -0.114. The number of carbonyl (C=O) groups is 1. The zero-order valence-electron chi connectivity index (χ0n) is 12.7. The predicted octanol–water partition coefficient (Wildman–Crippen LogP) is 2.58. The summed E-state index contributed by atoms with van der Waals surface area (Å²) in [5.41, 5.74) is 1.98. The van der Waals surface area contributed by atoms with Crippen LogP contribution >= 0.6 is 0 Å². The molecule has 0 radical (unpaired) electrons. The number of anilines is 1. The van der Waals surface area contributed by atoms with Gasteiger partial charge in [-0.3, -0.25) is 4.79 Å². The van der Waals surface area contributed by atoms with Crippen LogP contribution in [0, 0.1) is 0 Å². The van der Waals surface area contributed by atoms with Crippen LogP contribution < -0.4 is 10.6 Å². The van der Waals surface area contributed by atoms with Crippen LogP contribution in [-0.2, 0) is 11.3 Å². The maximum absolute atomic E-state index is 11.1. The molecular weight excluding hydrogens is 264 g/mol. The lowest BCUT2D eigenvalue weighted by Crippen LogP contribution is -2.32. The lowest BCUT2D eigenvalue weighted by atomic mass is 10.1. The van der Waals surface area contributed by atoms with Crippen LogP contribution in [-0.4, -0.2) is 21.5 Å². The highest BCUT2D eigenvalue weighted by Gasteiger charge is 2.10. The van der Waals surface area contributed by atoms with Crippen LogP contribution in [0.3, 0.4) is 0 Å². The van der Waals surface area contributed by atoms with Gasteiger partial charge in [0.25, 0.3) is 0 Å². The molecule has 0 saturated heterocycles. The van der Waals surface area contributed by atoms with Gasteiger partial charge in [0.2, 0.25) is 5.91 Å². The molecule has 2 aromatic rings. The fourth-order valence-electron chi connectivity index (χ4n) is 2.38. The summed E-state index contributed by atoms with van der Waals surface area (Å²) in [6.45, 7) is 6.66. The van der Waals surface area contributed by atoms with Crippen molar-refractivity contribution in [2.24, 2.45) is 0 Å². The van der Waals surface area contributed by atoms with Crippen molar-refractivity contribution in [3.63, 3.8) is 0 Å². The fraction of sp³-hybridized carbons (Fsp3) is 0.375. The maximum atomic E-state index is 11.1. The fourth-order valence-corrected chi connectivity index (χ4v) is 2.38. The van der Waals surface area contributed by atoms with E-state index in [4.69, 9.17) is 0 Å². The maximum Gasteiger partial charge on any atom is 0.221 e. The lowest BCUT2D eigenvalue weighted by Gasteiger charge is -2.21. The normalized spacial score (nSPS) is 13.7. The molecule has 2 unspecified atom stereocenters. The Kier molecular flexibility index (Phi) is 5.11. The number of rotatable bonds is 6. The number of carbonyl (C=O) groups excluding carboxylic acids is 1. The molecule has 2 atom stereocenters. The predicted molar refractivity (Wildman–Crippen MR) is 84.0 cm³/mol. The van der Waals surface area contributed by atoms with Crippen molar-refractivity contribution < 1.29 is 4.79 Å². The van der Waals surface area contributed by atoms with E-state index in [1.54, 1.807) is 6.20 Å². The first kappa shape index (κ1) is 15.3. The van der Waals surface area contributed by atoms with Crippen LogP contribution in [0.15, 0.2) is 43.0 Å². The van der Waals surface area contributed by atoms with Gasteiger partial charge >= 0.3 is 0 Å². The van der Waals surface area contributed by atoms with E-state index in [0.717, 1.165) is 17.8 Å². The summed E-state index contributed by atoms with van der Waals surface area (Å²) < 4.78 is 2.05. The average molecular weight is 286 g/mol. The van der Waals surface area contributed by atoms with Crippen molar-refractivity contribution in [2.45, 2.75) is 39.4 Å². The van der Waals surface area contributed by atoms with Gasteiger partial charge in [0, 0.05) is 43.6 Å². The van der Waals surface area contributed by atoms with Gasteiger partial charge in [-0.2, -0.15) is 0 Å². The van der Waals surface area contributed by atoms with Gasteiger partial charge in [-0.25, -0.2) is 4.98 Å². The summed E-state index contributed by atoms with van der Waals surface area (Å²) in [6.07, 6.45) is 5.56. The molecule has 0 aliphatic heterocycles. The smallest absolute Gasteiger partial charge is 0.221 e. The average Bonchev–Trinajstić information content (AvgIpc) is 2.90. The van der Waals surface area contributed by atoms with E-state index >= 15 is 0 Å². The largest absolute Gasteiger partial charge is 0.336 e. The van der Waals surface area contributed by atoms with Gasteiger partial charge in [-0.05, 0) is 31.5 Å². The summed E-state index contributed by atoms with van der Waals surface area (Å²) >= 11 is 0. The second-order valence-corrected chi connectivity index (χ2v) is 5.36. The number of hydrogen-bond acceptors (Lipinski definition) is 3. The number of imidazole rings is 1. The van der Waals surface area contributed by atoms with Crippen LogP contribution in [0.1, 0.15) is 32.4 Å². The Bertz CT molecular complexity index is 580. The molecule has 5 heteroatoms. The standard InChI is InChI=1S/C16H22N4O/c1-12(10-20-8-7-17-11-20)18-13(2)15-5-4-6-16(9-15)19-14(3)21/h4-9,11-13,18H,10H2,1-3H3,(H,19,21). The summed E-state index contributed by atoms with van der Waals surface area (Å²) in [5.74, 6) is -0.0544. The van der Waals surface area contributed by atoms with E-state index < -0.39 is 0 Å². The zero-order chi connectivity index (χ0) is 15.2. The second-order valence-electron chi connectivity index (χ2n) is 5.36. The Morgan fingerprint density at radius 3 is 2.86 bits per heavy atom. The van der Waals surface area contributed by atoms with E-state index in [1.807, 2.05) is 30.7 Å². The van der Waals surface area contributed by atoms with Gasteiger partial charge in [0.05, 0.1) is 6.33 Å². The van der Waals surface area contributed by atoms with E-state index in [1.165, 1.54) is 6.92 Å². The highest BCUT2D eigenvalue weighted by Crippen LogP contribution is 2.18. The van der Waals surface area contributed by atoms with Crippen LogP contribution in [0.25, 0.3) is 0 Å². The summed E-state index contributed by atoms with van der Waals surface area (Å²) in [4.78, 5) is 15.2. The summed E-state index contributed by atoms with van der Waals surface area (Å²) in [5, 5.41) is 6.36. The van der Waals surface area contributed by atoms with Crippen molar-refractivity contribution in [1.29, 1.82) is 0 Å². The molecule has 1 heterocycles. The Labute approximate surface area is 125 Å². The number of nitrogens with zero attached hydrogens (tertiary/aromatic N) is 2. The molecule has 5 nitrogen and oxygen atoms in total. The van der Waals surface area contributed by atoms with Crippen molar-refractivity contribution in [3.8, 4) is 0 Å². The third kappa shape index (κ3) is 4.72. The molecule has 1 aromatic heterocycles. The minimum atomic E-state index is -0.0544. The first-order chi connectivity index (χ1) is 10.0. The Morgan fingerprint density at radius 2 is 2.19 bits per heavy atom. The molecule has 0 saturated carbocycles. The Balaban J connectivity index is 1.95. The van der Waals surface area contributed by atoms with Crippen LogP contribution in [0.5, 0.6) is 0 Å². The number of nitrogens with one attached hydrogen (secondary N) is 2. The van der Waals surface area contributed by atoms with Crippen molar-refractivity contribution in [3.05, 3.63) is 48.5 Å². The Morgan fingerprint density at radius 1 is 1.38 bits per heavy atom. The molecule has 2 N–H and O–H groups in total. The molecule has 21 heavy (non-hydrogen) atoms. The number of benzene rings is 1. The minimum absolute atomic E-state index is 0.0544. The highest BCUT2D eigenvalue weighted by atomic mass is 16.1. The monoisotopic (exact) mass is 286 g/mol. The van der Waals surface area contributed by atoms with Crippen LogP contribution in [0.4, 0.5) is 5.69 Å². The molecule has 1 aromatic carbocycles. The summed E-state index contributed by atoms with van der Waals surface area (Å²) in [7, 11) is 0. The van der Waals surface area contributed by atoms with Gasteiger partial charge in [0.1, 0.15) is 0 Å². The topological polar surface area (TPSA) is 59.0 Å². The van der Waals surface area contributed by atoms with Crippen LogP contribution in [0.2, 0.25) is 0 Å².